The maximum absolute atomic E-state index is 8.94. The van der Waals surface area contributed by atoms with Crippen molar-refractivity contribution in [3.05, 3.63) is 35.4 Å². The summed E-state index contributed by atoms with van der Waals surface area (Å²) in [6, 6.07) is 8.66. The highest BCUT2D eigenvalue weighted by Crippen LogP contribution is 2.33. The summed E-state index contributed by atoms with van der Waals surface area (Å²) in [4.78, 5) is 0. The summed E-state index contributed by atoms with van der Waals surface area (Å²) in [5.74, 6) is 0.606. The molecule has 13 heavy (non-hydrogen) atoms. The summed E-state index contributed by atoms with van der Waals surface area (Å²) in [7, 11) is 0. The molecule has 1 aromatic rings. The predicted molar refractivity (Wildman–Crippen MR) is 53.8 cm³/mol. The molecule has 0 radical (unpaired) electrons. The second-order valence-corrected chi connectivity index (χ2v) is 3.80. The van der Waals surface area contributed by atoms with Crippen LogP contribution in [-0.2, 0) is 6.42 Å². The Hall–Kier alpha value is -0.820. The second kappa shape index (κ2) is 3.93. The van der Waals surface area contributed by atoms with E-state index in [1.54, 1.807) is 0 Å². The van der Waals surface area contributed by atoms with Crippen molar-refractivity contribution in [1.82, 2.24) is 0 Å². The molecule has 0 aromatic heterocycles. The number of hydrogen-bond donors (Lipinski definition) is 1. The molecule has 0 fully saturated rings. The van der Waals surface area contributed by atoms with Crippen molar-refractivity contribution in [2.75, 3.05) is 6.61 Å². The molecule has 1 nitrogen and oxygen atoms in total. The van der Waals surface area contributed by atoms with Gasteiger partial charge in [-0.1, -0.05) is 24.3 Å². The molecule has 0 heterocycles. The van der Waals surface area contributed by atoms with Crippen LogP contribution in [0.5, 0.6) is 0 Å². The average Bonchev–Trinajstić information content (AvgIpc) is 2.19. The van der Waals surface area contributed by atoms with Crippen LogP contribution < -0.4 is 0 Å². The van der Waals surface area contributed by atoms with E-state index in [9.17, 15) is 0 Å². The van der Waals surface area contributed by atoms with E-state index in [4.69, 9.17) is 5.11 Å². The van der Waals surface area contributed by atoms with Crippen LogP contribution in [0.3, 0.4) is 0 Å². The predicted octanol–water partition coefficient (Wildman–Crippen LogP) is 2.49. The fourth-order valence-electron chi connectivity index (χ4n) is 2.31. The molecule has 1 aromatic carbocycles. The van der Waals surface area contributed by atoms with Crippen molar-refractivity contribution in [3.63, 3.8) is 0 Å². The smallest absolute Gasteiger partial charge is 0.0436 e. The Morgan fingerprint density at radius 1 is 1.31 bits per heavy atom. The molecule has 1 aliphatic rings. The Labute approximate surface area is 79.4 Å². The van der Waals surface area contributed by atoms with Gasteiger partial charge < -0.3 is 5.11 Å². The third kappa shape index (κ3) is 1.75. The van der Waals surface area contributed by atoms with Gasteiger partial charge in [-0.25, -0.2) is 0 Å². The molecule has 1 heteroatoms. The van der Waals surface area contributed by atoms with Gasteiger partial charge in [0.25, 0.3) is 0 Å². The fraction of sp³-hybridized carbons (Fsp3) is 0.500. The molecule has 0 saturated carbocycles. The van der Waals surface area contributed by atoms with Gasteiger partial charge in [-0.2, -0.15) is 0 Å². The molecule has 0 bridgehead atoms. The minimum absolute atomic E-state index is 0.318. The van der Waals surface area contributed by atoms with Crippen LogP contribution in [0.1, 0.15) is 36.3 Å². The first-order valence-electron chi connectivity index (χ1n) is 5.10. The average molecular weight is 176 g/mol. The van der Waals surface area contributed by atoms with Gasteiger partial charge >= 0.3 is 0 Å². The molecule has 0 saturated heterocycles. The third-order valence-corrected chi connectivity index (χ3v) is 2.97. The summed E-state index contributed by atoms with van der Waals surface area (Å²) in [5.41, 5.74) is 2.97. The molecule has 0 spiro atoms. The number of aliphatic hydroxyl groups excluding tert-OH is 1. The van der Waals surface area contributed by atoms with Gasteiger partial charge in [0, 0.05) is 6.61 Å². The van der Waals surface area contributed by atoms with Crippen molar-refractivity contribution in [3.8, 4) is 0 Å². The third-order valence-electron chi connectivity index (χ3n) is 2.97. The molecular weight excluding hydrogens is 160 g/mol. The molecule has 1 N–H and O–H groups in total. The van der Waals surface area contributed by atoms with E-state index < -0.39 is 0 Å². The number of fused-ring (bicyclic) bond motifs is 1. The lowest BCUT2D eigenvalue weighted by Gasteiger charge is -2.24. The number of aryl methyl sites for hydroxylation is 1. The first-order chi connectivity index (χ1) is 6.42. The van der Waals surface area contributed by atoms with Crippen molar-refractivity contribution < 1.29 is 5.11 Å². The van der Waals surface area contributed by atoms with Gasteiger partial charge in [0.05, 0.1) is 0 Å². The fourth-order valence-corrected chi connectivity index (χ4v) is 2.31. The van der Waals surface area contributed by atoms with Crippen LogP contribution in [0, 0.1) is 0 Å². The topological polar surface area (TPSA) is 20.2 Å². The molecule has 0 amide bonds. The number of benzene rings is 1. The first kappa shape index (κ1) is 8.76. The summed E-state index contributed by atoms with van der Waals surface area (Å²) >= 11 is 0. The van der Waals surface area contributed by atoms with Crippen molar-refractivity contribution in [2.24, 2.45) is 0 Å². The van der Waals surface area contributed by atoms with Gasteiger partial charge in [-0.05, 0) is 42.7 Å². The lowest BCUT2D eigenvalue weighted by atomic mass is 9.81. The normalized spacial score (nSPS) is 21.2. The van der Waals surface area contributed by atoms with E-state index >= 15 is 0 Å². The van der Waals surface area contributed by atoms with Gasteiger partial charge in [0.15, 0.2) is 0 Å². The zero-order chi connectivity index (χ0) is 9.10. The molecule has 70 valence electrons. The highest BCUT2D eigenvalue weighted by Gasteiger charge is 2.18. The minimum Gasteiger partial charge on any atom is -0.396 e. The van der Waals surface area contributed by atoms with Crippen LogP contribution in [0.15, 0.2) is 24.3 Å². The molecule has 1 unspecified atom stereocenters. The Morgan fingerprint density at radius 2 is 2.15 bits per heavy atom. The summed E-state index contributed by atoms with van der Waals surface area (Å²) in [6.45, 7) is 0.318. The Kier molecular flexibility index (Phi) is 2.65. The number of rotatable bonds is 2. The van der Waals surface area contributed by atoms with Crippen molar-refractivity contribution >= 4 is 0 Å². The SMILES string of the molecule is OCCC1CCCc2ccccc21. The van der Waals surface area contributed by atoms with Gasteiger partial charge in [-0.15, -0.1) is 0 Å². The highest BCUT2D eigenvalue weighted by atomic mass is 16.3. The monoisotopic (exact) mass is 176 g/mol. The number of aliphatic hydroxyl groups is 1. The number of hydrogen-bond acceptors (Lipinski definition) is 1. The van der Waals surface area contributed by atoms with E-state index in [2.05, 4.69) is 24.3 Å². The standard InChI is InChI=1S/C12H16O/c13-9-8-11-6-3-5-10-4-1-2-7-12(10)11/h1-2,4,7,11,13H,3,5-6,8-9H2. The minimum atomic E-state index is 0.318. The van der Waals surface area contributed by atoms with Gasteiger partial charge in [0.2, 0.25) is 0 Å². The largest absolute Gasteiger partial charge is 0.396 e. The Morgan fingerprint density at radius 3 is 3.00 bits per heavy atom. The van der Waals surface area contributed by atoms with E-state index in [0.717, 1.165) is 6.42 Å². The summed E-state index contributed by atoms with van der Waals surface area (Å²) in [6.07, 6.45) is 4.67. The van der Waals surface area contributed by atoms with Gasteiger partial charge in [0.1, 0.15) is 0 Å². The second-order valence-electron chi connectivity index (χ2n) is 3.80. The van der Waals surface area contributed by atoms with E-state index in [1.165, 1.54) is 30.4 Å². The zero-order valence-corrected chi connectivity index (χ0v) is 7.87. The lowest BCUT2D eigenvalue weighted by Crippen LogP contribution is -2.10. The van der Waals surface area contributed by atoms with Crippen LogP contribution in [-0.4, -0.2) is 11.7 Å². The van der Waals surface area contributed by atoms with E-state index in [1.807, 2.05) is 0 Å². The molecule has 0 aliphatic heterocycles. The van der Waals surface area contributed by atoms with Crippen LogP contribution in [0.25, 0.3) is 0 Å². The van der Waals surface area contributed by atoms with Crippen LogP contribution in [0.4, 0.5) is 0 Å². The molecule has 2 rings (SSSR count). The molecule has 1 atom stereocenters. The van der Waals surface area contributed by atoms with Crippen LogP contribution in [0.2, 0.25) is 0 Å². The Bertz CT molecular complexity index is 280. The summed E-state index contributed by atoms with van der Waals surface area (Å²) in [5, 5.41) is 8.94. The summed E-state index contributed by atoms with van der Waals surface area (Å²) < 4.78 is 0. The maximum Gasteiger partial charge on any atom is 0.0436 e. The van der Waals surface area contributed by atoms with Gasteiger partial charge in [-0.3, -0.25) is 0 Å². The molecule has 1 aliphatic carbocycles. The van der Waals surface area contributed by atoms with E-state index in [-0.39, 0.29) is 0 Å². The maximum atomic E-state index is 8.94. The first-order valence-corrected chi connectivity index (χ1v) is 5.10. The van der Waals surface area contributed by atoms with Crippen LogP contribution >= 0.6 is 0 Å². The Balaban J connectivity index is 2.26. The quantitative estimate of drug-likeness (QED) is 0.734. The van der Waals surface area contributed by atoms with Crippen molar-refractivity contribution in [2.45, 2.75) is 31.6 Å². The molecular formula is C12H16O. The van der Waals surface area contributed by atoms with E-state index in [0.29, 0.717) is 12.5 Å². The lowest BCUT2D eigenvalue weighted by molar-refractivity contribution is 0.269. The zero-order valence-electron chi connectivity index (χ0n) is 7.87. The van der Waals surface area contributed by atoms with Crippen molar-refractivity contribution in [1.29, 1.82) is 0 Å². The highest BCUT2D eigenvalue weighted by molar-refractivity contribution is 5.32.